The van der Waals surface area contributed by atoms with Crippen LogP contribution in [-0.2, 0) is 4.79 Å². The smallest absolute Gasteiger partial charge is 0.245 e. The number of carbonyl (C=O) groups excluding carboxylic acids is 1. The number of aromatic nitrogens is 4. The zero-order valence-electron chi connectivity index (χ0n) is 19.9. The van der Waals surface area contributed by atoms with Crippen molar-refractivity contribution in [3.63, 3.8) is 0 Å². The Hall–Kier alpha value is -3.01. The van der Waals surface area contributed by atoms with Crippen molar-refractivity contribution in [2.24, 2.45) is 5.10 Å². The zero-order valence-corrected chi connectivity index (χ0v) is 20.7. The van der Waals surface area contributed by atoms with Crippen LogP contribution in [0.2, 0.25) is 0 Å². The average Bonchev–Trinajstić information content (AvgIpc) is 3.15. The lowest BCUT2D eigenvalue weighted by Crippen LogP contribution is -2.31. The molecule has 0 radical (unpaired) electrons. The minimum absolute atomic E-state index is 0.00130. The Kier molecular flexibility index (Phi) is 8.71. The fourth-order valence-electron chi connectivity index (χ4n) is 3.12. The van der Waals surface area contributed by atoms with Gasteiger partial charge in [0, 0.05) is 27.9 Å². The van der Waals surface area contributed by atoms with Crippen LogP contribution >= 0.6 is 11.8 Å². The van der Waals surface area contributed by atoms with Crippen LogP contribution in [0.5, 0.6) is 0 Å². The molecule has 2 aromatic heterocycles. The number of nitrogens with one attached hydrogen (secondary N) is 1. The predicted octanol–water partition coefficient (Wildman–Crippen LogP) is 3.74. The molecule has 1 unspecified atom stereocenters. The van der Waals surface area contributed by atoms with Crippen molar-refractivity contribution in [2.75, 3.05) is 26.9 Å². The highest BCUT2D eigenvalue weighted by Crippen LogP contribution is 2.23. The highest BCUT2D eigenvalue weighted by molar-refractivity contribution is 8.03. The van der Waals surface area contributed by atoms with Crippen molar-refractivity contribution in [2.45, 2.75) is 40.2 Å². The molecule has 32 heavy (non-hydrogen) atoms. The van der Waals surface area contributed by atoms with Crippen LogP contribution in [0.3, 0.4) is 0 Å². The fourth-order valence-corrected chi connectivity index (χ4v) is 3.97. The number of amidine groups is 1. The number of amides is 1. The molecular weight excluding hydrogens is 424 g/mol. The number of allylic oxidation sites excluding steroid dienone is 2. The van der Waals surface area contributed by atoms with E-state index in [1.54, 1.807) is 48.7 Å². The Labute approximate surface area is 193 Å². The molecule has 2 aromatic rings. The third-order valence-corrected chi connectivity index (χ3v) is 5.77. The molecule has 9 nitrogen and oxygen atoms in total. The number of hydrogen-bond donors (Lipinski definition) is 1. The highest BCUT2D eigenvalue weighted by atomic mass is 32.2. The molecule has 1 atom stereocenters. The van der Waals surface area contributed by atoms with E-state index in [1.165, 1.54) is 5.01 Å². The number of nitrogens with zero attached hydrogens (tertiary/aromatic N) is 7. The highest BCUT2D eigenvalue weighted by Gasteiger charge is 2.23. The molecule has 0 aliphatic heterocycles. The number of likely N-dealkylation sites (N-methyl/N-ethyl adjacent to an activating group) is 2. The number of aryl methyl sites for hydroxylation is 1. The molecule has 10 heteroatoms. The normalized spacial score (nSPS) is 13.2. The van der Waals surface area contributed by atoms with Crippen LogP contribution in [0.1, 0.15) is 44.6 Å². The van der Waals surface area contributed by atoms with Gasteiger partial charge in [-0.1, -0.05) is 13.8 Å². The number of hydrazone groups is 1. The van der Waals surface area contributed by atoms with E-state index in [0.29, 0.717) is 23.4 Å². The summed E-state index contributed by atoms with van der Waals surface area (Å²) in [6, 6.07) is -0.370. The quantitative estimate of drug-likeness (QED) is 0.267. The van der Waals surface area contributed by atoms with E-state index in [4.69, 9.17) is 10.4 Å². The standard InChI is InChI=1S/C22H32N8OS/c1-9-17(22(31)28(6)7)30-13-25-20-21(30)26-15(4)16(27-20)11-14(3)12-18(32-10-2)19(23)29(8)24-5/h11-13,17,23H,5,9-10H2,1-4,6-8H3/b14-11+,18-12-,23-19?. The van der Waals surface area contributed by atoms with Gasteiger partial charge in [-0.2, -0.15) is 5.10 Å². The first kappa shape index (κ1) is 25.3. The number of rotatable bonds is 9. The first-order valence-corrected chi connectivity index (χ1v) is 11.4. The number of hydrogen-bond acceptors (Lipinski definition) is 7. The monoisotopic (exact) mass is 456 g/mol. The lowest BCUT2D eigenvalue weighted by Gasteiger charge is -2.20. The van der Waals surface area contributed by atoms with Crippen molar-refractivity contribution in [3.05, 3.63) is 34.3 Å². The van der Waals surface area contributed by atoms with Crippen molar-refractivity contribution in [3.8, 4) is 0 Å². The number of carbonyl (C=O) groups is 1. The summed E-state index contributed by atoms with van der Waals surface area (Å²) in [5, 5.41) is 13.5. The molecule has 0 aliphatic carbocycles. The Bertz CT molecular complexity index is 1070. The summed E-state index contributed by atoms with van der Waals surface area (Å²) < 4.78 is 1.80. The Morgan fingerprint density at radius 3 is 2.59 bits per heavy atom. The third kappa shape index (κ3) is 5.61. The molecule has 0 saturated carbocycles. The number of fused-ring (bicyclic) bond motifs is 1. The number of thioether (sulfide) groups is 1. The van der Waals surface area contributed by atoms with Crippen LogP contribution < -0.4 is 0 Å². The van der Waals surface area contributed by atoms with E-state index in [2.05, 4.69) is 21.8 Å². The summed E-state index contributed by atoms with van der Waals surface area (Å²) >= 11 is 1.57. The first-order chi connectivity index (χ1) is 15.1. The topological polar surface area (TPSA) is 103 Å². The minimum atomic E-state index is -0.370. The Morgan fingerprint density at radius 1 is 1.34 bits per heavy atom. The summed E-state index contributed by atoms with van der Waals surface area (Å²) in [7, 11) is 5.19. The van der Waals surface area contributed by atoms with Crippen molar-refractivity contribution >= 4 is 47.6 Å². The van der Waals surface area contributed by atoms with E-state index in [9.17, 15) is 4.79 Å². The van der Waals surface area contributed by atoms with Crippen molar-refractivity contribution in [1.82, 2.24) is 29.4 Å². The van der Waals surface area contributed by atoms with Crippen molar-refractivity contribution in [1.29, 1.82) is 5.41 Å². The fraction of sp³-hybridized carbons (Fsp3) is 0.455. The van der Waals surface area contributed by atoms with Gasteiger partial charge in [-0.3, -0.25) is 15.2 Å². The molecule has 1 N–H and O–H groups in total. The second kappa shape index (κ2) is 11.0. The summed E-state index contributed by atoms with van der Waals surface area (Å²) in [4.78, 5) is 28.7. The van der Waals surface area contributed by atoms with Crippen LogP contribution in [0.15, 0.2) is 28.0 Å². The van der Waals surface area contributed by atoms with E-state index in [-0.39, 0.29) is 17.8 Å². The van der Waals surface area contributed by atoms with Gasteiger partial charge in [0.1, 0.15) is 6.04 Å². The van der Waals surface area contributed by atoms with Crippen molar-refractivity contribution < 1.29 is 4.79 Å². The van der Waals surface area contributed by atoms with Gasteiger partial charge in [-0.05, 0) is 43.7 Å². The second-order valence-electron chi connectivity index (χ2n) is 7.49. The maximum Gasteiger partial charge on any atom is 0.245 e. The average molecular weight is 457 g/mol. The van der Waals surface area contributed by atoms with Gasteiger partial charge >= 0.3 is 0 Å². The maximum atomic E-state index is 12.6. The molecule has 0 bridgehead atoms. The minimum Gasteiger partial charge on any atom is -0.347 e. The van der Waals surface area contributed by atoms with Gasteiger partial charge in [-0.15, -0.1) is 11.8 Å². The van der Waals surface area contributed by atoms with E-state index < -0.39 is 0 Å². The van der Waals surface area contributed by atoms with Crippen LogP contribution in [0.4, 0.5) is 0 Å². The summed E-state index contributed by atoms with van der Waals surface area (Å²) in [6.45, 7) is 11.3. The van der Waals surface area contributed by atoms with Crippen LogP contribution in [-0.4, -0.2) is 74.8 Å². The zero-order chi connectivity index (χ0) is 24.0. The summed E-state index contributed by atoms with van der Waals surface area (Å²) in [5.74, 6) is 1.12. The van der Waals surface area contributed by atoms with Gasteiger partial charge in [-0.25, -0.2) is 15.0 Å². The van der Waals surface area contributed by atoms with E-state index >= 15 is 0 Å². The molecule has 1 amide bonds. The Morgan fingerprint density at radius 2 is 2.03 bits per heavy atom. The van der Waals surface area contributed by atoms with Crippen LogP contribution in [0, 0.1) is 12.3 Å². The lowest BCUT2D eigenvalue weighted by atomic mass is 10.2. The van der Waals surface area contributed by atoms with E-state index in [0.717, 1.165) is 21.9 Å². The summed E-state index contributed by atoms with van der Waals surface area (Å²) in [6.07, 6.45) is 6.13. The van der Waals surface area contributed by atoms with Crippen LogP contribution in [0.25, 0.3) is 17.4 Å². The molecule has 0 fully saturated rings. The van der Waals surface area contributed by atoms with Gasteiger partial charge in [0.05, 0.1) is 22.6 Å². The molecule has 0 aromatic carbocycles. The Balaban J connectivity index is 2.46. The van der Waals surface area contributed by atoms with Gasteiger partial charge < -0.3 is 9.47 Å². The SMILES string of the molecule is C=NN(C)C(=N)/C(=C/C(C)=C/c1nc2ncn(C(CC)C(=O)N(C)C)c2nc1C)SCC. The van der Waals surface area contributed by atoms with E-state index in [1.807, 2.05) is 39.8 Å². The molecule has 0 spiro atoms. The molecule has 2 rings (SSSR count). The largest absolute Gasteiger partial charge is 0.347 e. The number of imidazole rings is 1. The predicted molar refractivity (Wildman–Crippen MR) is 133 cm³/mol. The molecule has 0 aliphatic rings. The van der Waals surface area contributed by atoms with Gasteiger partial charge in [0.15, 0.2) is 17.1 Å². The molecular formula is C22H32N8OS. The molecule has 2 heterocycles. The molecule has 172 valence electrons. The maximum absolute atomic E-state index is 12.6. The van der Waals surface area contributed by atoms with Gasteiger partial charge in [0.25, 0.3) is 0 Å². The third-order valence-electron chi connectivity index (χ3n) is 4.86. The molecule has 0 saturated heterocycles. The van der Waals surface area contributed by atoms with Gasteiger partial charge in [0.2, 0.25) is 5.91 Å². The lowest BCUT2D eigenvalue weighted by molar-refractivity contribution is -0.132. The first-order valence-electron chi connectivity index (χ1n) is 10.4. The summed E-state index contributed by atoms with van der Waals surface area (Å²) in [5.41, 5.74) is 3.45. The second-order valence-corrected chi connectivity index (χ2v) is 8.80.